The van der Waals surface area contributed by atoms with E-state index in [2.05, 4.69) is 19.2 Å². The van der Waals surface area contributed by atoms with Crippen molar-refractivity contribution >= 4 is 23.2 Å². The predicted molar refractivity (Wildman–Crippen MR) is 101 cm³/mol. The molecule has 4 nitrogen and oxygen atoms in total. The van der Waals surface area contributed by atoms with Gasteiger partial charge in [0.1, 0.15) is 0 Å². The van der Waals surface area contributed by atoms with E-state index in [9.17, 15) is 9.59 Å². The normalized spacial score (nSPS) is 15.4. The van der Waals surface area contributed by atoms with E-state index in [1.54, 1.807) is 0 Å². The third kappa shape index (κ3) is 4.10. The molecule has 0 spiro atoms. The smallest absolute Gasteiger partial charge is 0.261 e. The lowest BCUT2D eigenvalue weighted by atomic mass is 10.0. The molecule has 1 fully saturated rings. The summed E-state index contributed by atoms with van der Waals surface area (Å²) >= 11 is 1.50. The van der Waals surface area contributed by atoms with E-state index in [0.717, 1.165) is 28.8 Å². The number of amides is 2. The van der Waals surface area contributed by atoms with Gasteiger partial charge in [-0.3, -0.25) is 9.59 Å². The predicted octanol–water partition coefficient (Wildman–Crippen LogP) is 3.91. The molecule has 2 amide bonds. The maximum atomic E-state index is 12.6. The van der Waals surface area contributed by atoms with Crippen LogP contribution in [0, 0.1) is 0 Å². The van der Waals surface area contributed by atoms with Gasteiger partial charge in [0.05, 0.1) is 4.88 Å². The second-order valence-corrected chi connectivity index (χ2v) is 7.68. The number of carbonyl (C=O) groups excluding carboxylic acids is 2. The Labute approximate surface area is 152 Å². The zero-order chi connectivity index (χ0) is 17.8. The minimum absolute atomic E-state index is 0.0199. The Balaban J connectivity index is 1.55. The summed E-state index contributed by atoms with van der Waals surface area (Å²) in [5, 5.41) is 5.13. The molecule has 0 saturated carbocycles. The Bertz CT molecular complexity index is 731. The van der Waals surface area contributed by atoms with Crippen LogP contribution in [-0.2, 0) is 0 Å². The first-order valence-electron chi connectivity index (χ1n) is 8.79. The molecule has 1 saturated heterocycles. The maximum Gasteiger partial charge on any atom is 0.261 e. The van der Waals surface area contributed by atoms with Crippen molar-refractivity contribution in [1.82, 2.24) is 10.2 Å². The quantitative estimate of drug-likeness (QED) is 0.903. The van der Waals surface area contributed by atoms with Crippen LogP contribution in [0.3, 0.4) is 0 Å². The molecule has 0 unspecified atom stereocenters. The van der Waals surface area contributed by atoms with E-state index in [0.29, 0.717) is 19.0 Å². The van der Waals surface area contributed by atoms with E-state index in [1.807, 2.05) is 46.7 Å². The fourth-order valence-electron chi connectivity index (χ4n) is 3.20. The minimum atomic E-state index is 0.0199. The molecule has 5 heteroatoms. The third-order valence-electron chi connectivity index (χ3n) is 4.66. The first-order valence-corrected chi connectivity index (χ1v) is 9.67. The van der Waals surface area contributed by atoms with Crippen molar-refractivity contribution in [3.05, 3.63) is 57.8 Å². The molecule has 1 aromatic carbocycles. The number of hydrogen-bond acceptors (Lipinski definition) is 3. The molecular formula is C20H24N2O2S. The van der Waals surface area contributed by atoms with Crippen molar-refractivity contribution in [2.75, 3.05) is 13.1 Å². The molecule has 2 aromatic rings. The standard InChI is InChI=1S/C20H24N2O2S/c1-14(2)17-10-13-25-18(17)19(23)21-16-8-11-22(12-9-16)20(24)15-6-4-3-5-7-15/h3-7,10,13-14,16H,8-9,11-12H2,1-2H3,(H,21,23). The van der Waals surface area contributed by atoms with Crippen LogP contribution in [0.15, 0.2) is 41.8 Å². The average molecular weight is 356 g/mol. The summed E-state index contributed by atoms with van der Waals surface area (Å²) < 4.78 is 0. The van der Waals surface area contributed by atoms with Crippen LogP contribution in [0.2, 0.25) is 0 Å². The van der Waals surface area contributed by atoms with Crippen LogP contribution in [0.1, 0.15) is 58.2 Å². The highest BCUT2D eigenvalue weighted by Gasteiger charge is 2.25. The van der Waals surface area contributed by atoms with E-state index < -0.39 is 0 Å². The Morgan fingerprint density at radius 2 is 1.80 bits per heavy atom. The molecule has 1 aliphatic rings. The van der Waals surface area contributed by atoms with Crippen molar-refractivity contribution in [2.24, 2.45) is 0 Å². The van der Waals surface area contributed by atoms with E-state index in [-0.39, 0.29) is 17.9 Å². The average Bonchev–Trinajstić information content (AvgIpc) is 3.13. The Hall–Kier alpha value is -2.14. The number of hydrogen-bond donors (Lipinski definition) is 1. The van der Waals surface area contributed by atoms with Crippen molar-refractivity contribution in [2.45, 2.75) is 38.6 Å². The number of nitrogens with one attached hydrogen (secondary N) is 1. The highest BCUT2D eigenvalue weighted by molar-refractivity contribution is 7.12. The Morgan fingerprint density at radius 3 is 2.44 bits per heavy atom. The van der Waals surface area contributed by atoms with E-state index in [1.165, 1.54) is 11.3 Å². The highest BCUT2D eigenvalue weighted by Crippen LogP contribution is 2.25. The number of likely N-dealkylation sites (tertiary alicyclic amines) is 1. The maximum absolute atomic E-state index is 12.6. The van der Waals surface area contributed by atoms with Crippen LogP contribution in [0.4, 0.5) is 0 Å². The van der Waals surface area contributed by atoms with Gasteiger partial charge >= 0.3 is 0 Å². The molecular weight excluding hydrogens is 332 g/mol. The summed E-state index contributed by atoms with van der Waals surface area (Å²) in [6.07, 6.45) is 1.60. The molecule has 0 atom stereocenters. The summed E-state index contributed by atoms with van der Waals surface area (Å²) in [4.78, 5) is 27.7. The van der Waals surface area contributed by atoms with Gasteiger partial charge < -0.3 is 10.2 Å². The minimum Gasteiger partial charge on any atom is -0.348 e. The summed E-state index contributed by atoms with van der Waals surface area (Å²) in [5.74, 6) is 0.439. The van der Waals surface area contributed by atoms with Crippen molar-refractivity contribution < 1.29 is 9.59 Å². The van der Waals surface area contributed by atoms with Crippen molar-refractivity contribution in [1.29, 1.82) is 0 Å². The van der Waals surface area contributed by atoms with E-state index in [4.69, 9.17) is 0 Å². The zero-order valence-electron chi connectivity index (χ0n) is 14.7. The number of rotatable bonds is 4. The first kappa shape index (κ1) is 17.7. The van der Waals surface area contributed by atoms with Gasteiger partial charge in [-0.1, -0.05) is 32.0 Å². The van der Waals surface area contributed by atoms with Crippen LogP contribution < -0.4 is 5.32 Å². The Kier molecular flexibility index (Phi) is 5.53. The lowest BCUT2D eigenvalue weighted by molar-refractivity contribution is 0.0698. The molecule has 0 radical (unpaired) electrons. The SMILES string of the molecule is CC(C)c1ccsc1C(=O)NC1CCN(C(=O)c2ccccc2)CC1. The summed E-state index contributed by atoms with van der Waals surface area (Å²) in [7, 11) is 0. The number of piperidine rings is 1. The topological polar surface area (TPSA) is 49.4 Å². The number of carbonyl (C=O) groups is 2. The fraction of sp³-hybridized carbons (Fsp3) is 0.400. The Morgan fingerprint density at radius 1 is 1.12 bits per heavy atom. The van der Waals surface area contributed by atoms with Crippen LogP contribution in [-0.4, -0.2) is 35.8 Å². The lowest BCUT2D eigenvalue weighted by Crippen LogP contribution is -2.46. The second-order valence-electron chi connectivity index (χ2n) is 6.77. The molecule has 3 rings (SSSR count). The molecule has 1 N–H and O–H groups in total. The third-order valence-corrected chi connectivity index (χ3v) is 5.59. The van der Waals surface area contributed by atoms with Crippen LogP contribution >= 0.6 is 11.3 Å². The second kappa shape index (κ2) is 7.83. The number of nitrogens with zero attached hydrogens (tertiary/aromatic N) is 1. The number of thiophene rings is 1. The van der Waals surface area contributed by atoms with Gasteiger partial charge in [-0.05, 0) is 47.9 Å². The molecule has 2 heterocycles. The molecule has 1 aromatic heterocycles. The zero-order valence-corrected chi connectivity index (χ0v) is 15.5. The molecule has 0 aliphatic carbocycles. The largest absolute Gasteiger partial charge is 0.348 e. The fourth-order valence-corrected chi connectivity index (χ4v) is 4.16. The van der Waals surface area contributed by atoms with Crippen LogP contribution in [0.5, 0.6) is 0 Å². The van der Waals surface area contributed by atoms with Crippen molar-refractivity contribution in [3.63, 3.8) is 0 Å². The summed E-state index contributed by atoms with van der Waals surface area (Å²) in [5.41, 5.74) is 1.84. The summed E-state index contributed by atoms with van der Waals surface area (Å²) in [6, 6.07) is 11.5. The van der Waals surface area contributed by atoms with Gasteiger partial charge in [-0.2, -0.15) is 0 Å². The first-order chi connectivity index (χ1) is 12.1. The summed E-state index contributed by atoms with van der Waals surface area (Å²) in [6.45, 7) is 5.57. The van der Waals surface area contributed by atoms with Crippen LogP contribution in [0.25, 0.3) is 0 Å². The monoisotopic (exact) mass is 356 g/mol. The highest BCUT2D eigenvalue weighted by atomic mass is 32.1. The number of benzene rings is 1. The molecule has 132 valence electrons. The van der Waals surface area contributed by atoms with Gasteiger partial charge in [0, 0.05) is 24.7 Å². The van der Waals surface area contributed by atoms with Gasteiger partial charge in [0.25, 0.3) is 11.8 Å². The lowest BCUT2D eigenvalue weighted by Gasteiger charge is -2.32. The molecule has 25 heavy (non-hydrogen) atoms. The van der Waals surface area contributed by atoms with E-state index >= 15 is 0 Å². The van der Waals surface area contributed by atoms with Gasteiger partial charge in [0.15, 0.2) is 0 Å². The molecule has 1 aliphatic heterocycles. The van der Waals surface area contributed by atoms with Gasteiger partial charge in [-0.15, -0.1) is 11.3 Å². The van der Waals surface area contributed by atoms with Gasteiger partial charge in [-0.25, -0.2) is 0 Å². The molecule has 0 bridgehead atoms. The van der Waals surface area contributed by atoms with Gasteiger partial charge in [0.2, 0.25) is 0 Å². The van der Waals surface area contributed by atoms with Crippen molar-refractivity contribution in [3.8, 4) is 0 Å².